The molecule has 0 amide bonds. The molecule has 2 heteroatoms. The highest BCUT2D eigenvalue weighted by Gasteiger charge is 2.13. The number of allylic oxidation sites excluding steroid dienone is 1. The van der Waals surface area contributed by atoms with Crippen LogP contribution in [0.3, 0.4) is 0 Å². The van der Waals surface area contributed by atoms with Gasteiger partial charge in [0.25, 0.3) is 0 Å². The smallest absolute Gasteiger partial charge is 0.0794 e. The Labute approximate surface area is 62.2 Å². The van der Waals surface area contributed by atoms with Gasteiger partial charge in [0.05, 0.1) is 6.10 Å². The molecule has 0 bridgehead atoms. The first-order valence-corrected chi connectivity index (χ1v) is 3.55. The van der Waals surface area contributed by atoms with Crippen LogP contribution in [0.25, 0.3) is 0 Å². The van der Waals surface area contributed by atoms with Gasteiger partial charge >= 0.3 is 0 Å². The molecule has 0 aliphatic rings. The van der Waals surface area contributed by atoms with E-state index in [1.54, 1.807) is 0 Å². The van der Waals surface area contributed by atoms with Crippen LogP contribution >= 0.6 is 0 Å². The molecule has 2 atom stereocenters. The Kier molecular flexibility index (Phi) is 4.32. The van der Waals surface area contributed by atoms with Crippen molar-refractivity contribution in [2.24, 2.45) is 5.92 Å². The molecule has 0 spiro atoms. The molecule has 0 aliphatic heterocycles. The zero-order chi connectivity index (χ0) is 8.15. The molecule has 0 saturated carbocycles. The Morgan fingerprint density at radius 2 is 2.10 bits per heavy atom. The maximum Gasteiger partial charge on any atom is 0.0794 e. The second kappa shape index (κ2) is 4.47. The molecule has 10 heavy (non-hydrogen) atoms. The lowest BCUT2D eigenvalue weighted by molar-refractivity contribution is 0.103. The highest BCUT2D eigenvalue weighted by molar-refractivity contribution is 5.03. The average Bonchev–Trinajstić information content (AvgIpc) is 2.00. The van der Waals surface area contributed by atoms with E-state index in [1.165, 1.54) is 0 Å². The largest absolute Gasteiger partial charge is 0.396 e. The standard InChI is InChI=1S/C8H16O2/c1-4-6(2)8(10)7(3)5-9/h4,7-10H,5H2,1-3H3. The Morgan fingerprint density at radius 3 is 2.40 bits per heavy atom. The lowest BCUT2D eigenvalue weighted by Gasteiger charge is -2.16. The van der Waals surface area contributed by atoms with Crippen molar-refractivity contribution in [2.75, 3.05) is 6.61 Å². The average molecular weight is 144 g/mol. The predicted molar refractivity (Wildman–Crippen MR) is 41.7 cm³/mol. The molecule has 2 nitrogen and oxygen atoms in total. The van der Waals surface area contributed by atoms with Crippen LogP contribution in [-0.2, 0) is 0 Å². The maximum absolute atomic E-state index is 9.36. The first kappa shape index (κ1) is 9.66. The second-order valence-electron chi connectivity index (χ2n) is 2.64. The van der Waals surface area contributed by atoms with Crippen LogP contribution in [0.5, 0.6) is 0 Å². The molecule has 0 aromatic rings. The third kappa shape index (κ3) is 2.50. The summed E-state index contributed by atoms with van der Waals surface area (Å²) in [6.45, 7) is 5.59. The topological polar surface area (TPSA) is 40.5 Å². The number of aliphatic hydroxyl groups excluding tert-OH is 2. The summed E-state index contributed by atoms with van der Waals surface area (Å²) in [6, 6.07) is 0. The molecule has 0 aromatic heterocycles. The Balaban J connectivity index is 3.94. The number of hydrogen-bond donors (Lipinski definition) is 2. The summed E-state index contributed by atoms with van der Waals surface area (Å²) in [5.74, 6) is -0.0591. The van der Waals surface area contributed by atoms with E-state index in [9.17, 15) is 5.11 Å². The van der Waals surface area contributed by atoms with Crippen LogP contribution in [0.2, 0.25) is 0 Å². The molecule has 0 saturated heterocycles. The minimum atomic E-state index is -0.491. The number of aliphatic hydroxyl groups is 2. The first-order valence-electron chi connectivity index (χ1n) is 3.55. The Bertz CT molecular complexity index is 118. The van der Waals surface area contributed by atoms with Gasteiger partial charge in [-0.1, -0.05) is 13.0 Å². The maximum atomic E-state index is 9.36. The zero-order valence-corrected chi connectivity index (χ0v) is 6.83. The first-order chi connectivity index (χ1) is 4.63. The molecular formula is C8H16O2. The molecule has 2 unspecified atom stereocenters. The van der Waals surface area contributed by atoms with Crippen LogP contribution in [0.15, 0.2) is 11.6 Å². The number of hydrogen-bond acceptors (Lipinski definition) is 2. The summed E-state index contributed by atoms with van der Waals surface area (Å²) >= 11 is 0. The highest BCUT2D eigenvalue weighted by Crippen LogP contribution is 2.10. The van der Waals surface area contributed by atoms with Gasteiger partial charge in [-0.25, -0.2) is 0 Å². The van der Waals surface area contributed by atoms with Gasteiger partial charge in [0, 0.05) is 12.5 Å². The van der Waals surface area contributed by atoms with E-state index < -0.39 is 6.10 Å². The van der Waals surface area contributed by atoms with E-state index in [-0.39, 0.29) is 12.5 Å². The molecule has 0 aromatic carbocycles. The van der Waals surface area contributed by atoms with E-state index in [4.69, 9.17) is 5.11 Å². The van der Waals surface area contributed by atoms with Crippen LogP contribution in [0, 0.1) is 5.92 Å². The van der Waals surface area contributed by atoms with Crippen molar-refractivity contribution in [1.29, 1.82) is 0 Å². The Hall–Kier alpha value is -0.340. The van der Waals surface area contributed by atoms with Crippen molar-refractivity contribution in [3.8, 4) is 0 Å². The Morgan fingerprint density at radius 1 is 1.60 bits per heavy atom. The van der Waals surface area contributed by atoms with Crippen molar-refractivity contribution in [1.82, 2.24) is 0 Å². The van der Waals surface area contributed by atoms with Gasteiger partial charge in [-0.2, -0.15) is 0 Å². The molecule has 0 heterocycles. The van der Waals surface area contributed by atoms with Gasteiger partial charge < -0.3 is 10.2 Å². The van der Waals surface area contributed by atoms with Gasteiger partial charge in [-0.15, -0.1) is 0 Å². The zero-order valence-electron chi connectivity index (χ0n) is 6.83. The summed E-state index contributed by atoms with van der Waals surface area (Å²) in [4.78, 5) is 0. The second-order valence-corrected chi connectivity index (χ2v) is 2.64. The van der Waals surface area contributed by atoms with Gasteiger partial charge in [-0.3, -0.25) is 0 Å². The molecule has 60 valence electrons. The van der Waals surface area contributed by atoms with Crippen molar-refractivity contribution in [3.05, 3.63) is 11.6 Å². The lowest BCUT2D eigenvalue weighted by atomic mass is 9.99. The molecule has 0 rings (SSSR count). The third-order valence-corrected chi connectivity index (χ3v) is 1.75. The fraction of sp³-hybridized carbons (Fsp3) is 0.750. The van der Waals surface area contributed by atoms with Gasteiger partial charge in [-0.05, 0) is 19.4 Å². The van der Waals surface area contributed by atoms with Crippen molar-refractivity contribution in [2.45, 2.75) is 26.9 Å². The van der Waals surface area contributed by atoms with Crippen LogP contribution in [-0.4, -0.2) is 22.9 Å². The minimum Gasteiger partial charge on any atom is -0.396 e. The SMILES string of the molecule is CC=C(C)C(O)C(C)CO. The van der Waals surface area contributed by atoms with Crippen LogP contribution in [0.1, 0.15) is 20.8 Å². The molecule has 0 aliphatic carbocycles. The lowest BCUT2D eigenvalue weighted by Crippen LogP contribution is -2.21. The molecule has 0 fully saturated rings. The molecular weight excluding hydrogens is 128 g/mol. The van der Waals surface area contributed by atoms with E-state index in [0.717, 1.165) is 5.57 Å². The van der Waals surface area contributed by atoms with E-state index in [1.807, 2.05) is 26.8 Å². The summed E-state index contributed by atoms with van der Waals surface area (Å²) in [5.41, 5.74) is 0.918. The van der Waals surface area contributed by atoms with Crippen LogP contribution < -0.4 is 0 Å². The summed E-state index contributed by atoms with van der Waals surface area (Å²) in [5, 5.41) is 18.0. The summed E-state index contributed by atoms with van der Waals surface area (Å²) in [7, 11) is 0. The number of rotatable bonds is 3. The quantitative estimate of drug-likeness (QED) is 0.579. The fourth-order valence-electron chi connectivity index (χ4n) is 0.719. The van der Waals surface area contributed by atoms with Gasteiger partial charge in [0.2, 0.25) is 0 Å². The van der Waals surface area contributed by atoms with Crippen LogP contribution in [0.4, 0.5) is 0 Å². The molecule has 2 N–H and O–H groups in total. The normalized spacial score (nSPS) is 18.7. The van der Waals surface area contributed by atoms with Gasteiger partial charge in [0.15, 0.2) is 0 Å². The summed E-state index contributed by atoms with van der Waals surface area (Å²) in [6.07, 6.45) is 1.37. The fourth-order valence-corrected chi connectivity index (χ4v) is 0.719. The molecule has 0 radical (unpaired) electrons. The van der Waals surface area contributed by atoms with Crippen molar-refractivity contribution < 1.29 is 10.2 Å². The predicted octanol–water partition coefficient (Wildman–Crippen LogP) is 0.942. The van der Waals surface area contributed by atoms with Crippen molar-refractivity contribution in [3.63, 3.8) is 0 Å². The third-order valence-electron chi connectivity index (χ3n) is 1.75. The van der Waals surface area contributed by atoms with E-state index in [2.05, 4.69) is 0 Å². The van der Waals surface area contributed by atoms with Gasteiger partial charge in [0.1, 0.15) is 0 Å². The van der Waals surface area contributed by atoms with E-state index in [0.29, 0.717) is 0 Å². The minimum absolute atomic E-state index is 0.0341. The van der Waals surface area contributed by atoms with E-state index >= 15 is 0 Å². The highest BCUT2D eigenvalue weighted by atomic mass is 16.3. The monoisotopic (exact) mass is 144 g/mol. The van der Waals surface area contributed by atoms with Crippen molar-refractivity contribution >= 4 is 0 Å². The summed E-state index contributed by atoms with van der Waals surface area (Å²) < 4.78 is 0.